The minimum atomic E-state index is -0.602. The molecule has 1 aromatic rings. The van der Waals surface area contributed by atoms with Gasteiger partial charge < -0.3 is 5.73 Å². The Hall–Kier alpha value is -0.190. The summed E-state index contributed by atoms with van der Waals surface area (Å²) in [5.41, 5.74) is 5.52. The van der Waals surface area contributed by atoms with E-state index in [0.29, 0.717) is 6.42 Å². The first kappa shape index (κ1) is 13.8. The minimum absolute atomic E-state index is 0. The summed E-state index contributed by atoms with van der Waals surface area (Å²) in [7, 11) is 0. The first-order chi connectivity index (χ1) is 6.07. The van der Waals surface area contributed by atoms with Crippen molar-refractivity contribution in [3.63, 3.8) is 0 Å². The highest BCUT2D eigenvalue weighted by molar-refractivity contribution is 9.10. The molecule has 0 bridgehead atoms. The summed E-state index contributed by atoms with van der Waals surface area (Å²) in [6.07, 6.45) is 0.504. The molecule has 1 rings (SSSR count). The van der Waals surface area contributed by atoms with Gasteiger partial charge in [0.15, 0.2) is 0 Å². The van der Waals surface area contributed by atoms with Crippen LogP contribution in [0.1, 0.15) is 24.9 Å². The van der Waals surface area contributed by atoms with Crippen LogP contribution in [-0.4, -0.2) is 0 Å². The number of benzene rings is 1. The second-order valence-electron chi connectivity index (χ2n) is 2.77. The van der Waals surface area contributed by atoms with Gasteiger partial charge in [-0.25, -0.2) is 8.78 Å². The lowest BCUT2D eigenvalue weighted by molar-refractivity contribution is 0.517. The van der Waals surface area contributed by atoms with Crippen LogP contribution in [0.4, 0.5) is 8.78 Å². The molecule has 1 aromatic carbocycles. The van der Waals surface area contributed by atoms with Gasteiger partial charge >= 0.3 is 0 Å². The summed E-state index contributed by atoms with van der Waals surface area (Å²) < 4.78 is 26.7. The topological polar surface area (TPSA) is 26.0 Å². The van der Waals surface area contributed by atoms with E-state index in [1.54, 1.807) is 6.92 Å². The first-order valence-corrected chi connectivity index (χ1v) is 4.76. The smallest absolute Gasteiger partial charge is 0.145 e. The summed E-state index contributed by atoms with van der Waals surface area (Å²) in [5, 5.41) is 0. The lowest BCUT2D eigenvalue weighted by atomic mass is 10.0. The van der Waals surface area contributed by atoms with E-state index >= 15 is 0 Å². The van der Waals surface area contributed by atoms with Crippen LogP contribution < -0.4 is 5.73 Å². The number of nitrogens with two attached hydrogens (primary N) is 1. The number of hydrogen-bond donors (Lipinski definition) is 1. The van der Waals surface area contributed by atoms with Crippen molar-refractivity contribution in [3.8, 4) is 0 Å². The van der Waals surface area contributed by atoms with Crippen LogP contribution in [0.25, 0.3) is 0 Å². The Labute approximate surface area is 96.2 Å². The van der Waals surface area contributed by atoms with E-state index in [1.165, 1.54) is 12.1 Å². The van der Waals surface area contributed by atoms with Crippen molar-refractivity contribution in [2.45, 2.75) is 19.4 Å². The highest BCUT2D eigenvalue weighted by Crippen LogP contribution is 2.26. The molecule has 0 fully saturated rings. The molecule has 1 atom stereocenters. The summed E-state index contributed by atoms with van der Waals surface area (Å²) in [6, 6.07) is 1.95. The average Bonchev–Trinajstić information content (AvgIpc) is 2.12. The molecule has 80 valence electrons. The molecule has 2 N–H and O–H groups in total. The van der Waals surface area contributed by atoms with Gasteiger partial charge in [0.25, 0.3) is 0 Å². The zero-order valence-electron chi connectivity index (χ0n) is 7.56. The van der Waals surface area contributed by atoms with Crippen molar-refractivity contribution in [2.75, 3.05) is 0 Å². The zero-order valence-corrected chi connectivity index (χ0v) is 9.96. The average molecular weight is 287 g/mol. The fourth-order valence-corrected chi connectivity index (χ4v) is 1.43. The molecular weight excluding hydrogens is 275 g/mol. The van der Waals surface area contributed by atoms with Crippen molar-refractivity contribution >= 4 is 28.3 Å². The predicted molar refractivity (Wildman–Crippen MR) is 58.5 cm³/mol. The van der Waals surface area contributed by atoms with E-state index in [1.807, 2.05) is 0 Å². The number of halogens is 4. The molecule has 0 aliphatic carbocycles. The van der Waals surface area contributed by atoms with Gasteiger partial charge in [-0.05, 0) is 34.5 Å². The van der Waals surface area contributed by atoms with Crippen LogP contribution in [0.15, 0.2) is 16.6 Å². The van der Waals surface area contributed by atoms with Gasteiger partial charge in [-0.2, -0.15) is 0 Å². The fraction of sp³-hybridized carbons (Fsp3) is 0.333. The fourth-order valence-electron chi connectivity index (χ4n) is 1.09. The highest BCUT2D eigenvalue weighted by atomic mass is 79.9. The Morgan fingerprint density at radius 1 is 1.43 bits per heavy atom. The molecule has 0 radical (unpaired) electrons. The number of rotatable bonds is 2. The molecule has 1 nitrogen and oxygen atoms in total. The van der Waals surface area contributed by atoms with E-state index in [2.05, 4.69) is 15.9 Å². The van der Waals surface area contributed by atoms with Gasteiger partial charge in [0.1, 0.15) is 11.6 Å². The second-order valence-corrected chi connectivity index (χ2v) is 3.63. The van der Waals surface area contributed by atoms with Crippen molar-refractivity contribution in [2.24, 2.45) is 5.73 Å². The lowest BCUT2D eigenvalue weighted by Gasteiger charge is -2.12. The molecule has 0 amide bonds. The third-order valence-electron chi connectivity index (χ3n) is 1.89. The highest BCUT2D eigenvalue weighted by Gasteiger charge is 2.17. The van der Waals surface area contributed by atoms with Crippen molar-refractivity contribution in [1.29, 1.82) is 0 Å². The normalized spacial score (nSPS) is 12.1. The molecular formula is C9H11BrClF2N. The summed E-state index contributed by atoms with van der Waals surface area (Å²) in [5.74, 6) is -1.19. The summed E-state index contributed by atoms with van der Waals surface area (Å²) in [6.45, 7) is 1.78. The minimum Gasteiger partial charge on any atom is -0.324 e. The maximum atomic E-state index is 13.3. The molecule has 0 saturated carbocycles. The molecule has 0 aromatic heterocycles. The summed E-state index contributed by atoms with van der Waals surface area (Å²) >= 11 is 2.98. The Balaban J connectivity index is 0.00000169. The Morgan fingerprint density at radius 2 is 2.00 bits per heavy atom. The largest absolute Gasteiger partial charge is 0.324 e. The van der Waals surface area contributed by atoms with Crippen LogP contribution in [0, 0.1) is 11.6 Å². The Kier molecular flexibility index (Phi) is 5.56. The van der Waals surface area contributed by atoms with Gasteiger partial charge in [-0.1, -0.05) is 6.92 Å². The van der Waals surface area contributed by atoms with Gasteiger partial charge in [0.05, 0.1) is 4.47 Å². The molecule has 0 heterocycles. The van der Waals surface area contributed by atoms with Gasteiger partial charge in [0, 0.05) is 11.6 Å². The zero-order chi connectivity index (χ0) is 10.0. The van der Waals surface area contributed by atoms with Crippen LogP contribution in [0.5, 0.6) is 0 Å². The van der Waals surface area contributed by atoms with E-state index < -0.39 is 17.7 Å². The predicted octanol–water partition coefficient (Wildman–Crippen LogP) is 3.56. The molecule has 0 aliphatic heterocycles. The van der Waals surface area contributed by atoms with Crippen LogP contribution in [0.2, 0.25) is 0 Å². The van der Waals surface area contributed by atoms with Crippen molar-refractivity contribution in [1.82, 2.24) is 0 Å². The quantitative estimate of drug-likeness (QED) is 0.827. The van der Waals surface area contributed by atoms with Crippen molar-refractivity contribution in [3.05, 3.63) is 33.8 Å². The van der Waals surface area contributed by atoms with E-state index in [9.17, 15) is 8.78 Å². The lowest BCUT2D eigenvalue weighted by Crippen LogP contribution is -2.13. The van der Waals surface area contributed by atoms with E-state index in [0.717, 1.165) is 0 Å². The van der Waals surface area contributed by atoms with Gasteiger partial charge in [0.2, 0.25) is 0 Å². The van der Waals surface area contributed by atoms with E-state index in [-0.39, 0.29) is 22.4 Å². The molecule has 0 aliphatic rings. The third kappa shape index (κ3) is 2.65. The standard InChI is InChI=1S/C9H10BrF2N.ClH/c1-2-7(13)8-6(11)4-3-5(10)9(8)12;/h3-4,7H,2,13H2,1H3;1H/t7-;/m1./s1. The number of hydrogen-bond acceptors (Lipinski definition) is 1. The maximum Gasteiger partial charge on any atom is 0.145 e. The maximum absolute atomic E-state index is 13.3. The first-order valence-electron chi connectivity index (χ1n) is 3.96. The monoisotopic (exact) mass is 285 g/mol. The van der Waals surface area contributed by atoms with Gasteiger partial charge in [-0.15, -0.1) is 12.4 Å². The molecule has 0 saturated heterocycles. The Bertz CT molecular complexity index is 320. The van der Waals surface area contributed by atoms with Crippen LogP contribution >= 0.6 is 28.3 Å². The molecule has 0 spiro atoms. The van der Waals surface area contributed by atoms with E-state index in [4.69, 9.17) is 5.73 Å². The Morgan fingerprint density at radius 3 is 2.50 bits per heavy atom. The third-order valence-corrected chi connectivity index (χ3v) is 2.50. The van der Waals surface area contributed by atoms with Gasteiger partial charge in [-0.3, -0.25) is 0 Å². The molecule has 14 heavy (non-hydrogen) atoms. The van der Waals surface area contributed by atoms with Crippen molar-refractivity contribution < 1.29 is 8.78 Å². The molecule has 5 heteroatoms. The van der Waals surface area contributed by atoms with Crippen LogP contribution in [0.3, 0.4) is 0 Å². The summed E-state index contributed by atoms with van der Waals surface area (Å²) in [4.78, 5) is 0. The SMILES string of the molecule is CC[C@@H](N)c1c(F)ccc(Br)c1F.Cl. The van der Waals surface area contributed by atoms with Crippen LogP contribution in [-0.2, 0) is 0 Å². The molecule has 0 unspecified atom stereocenters. The second kappa shape index (κ2) is 5.63.